The number of hydrogen-bond acceptors (Lipinski definition) is 9. The summed E-state index contributed by atoms with van der Waals surface area (Å²) in [7, 11) is 0. The van der Waals surface area contributed by atoms with Crippen LogP contribution in [0.1, 0.15) is 32.1 Å². The molecule has 0 saturated carbocycles. The molecule has 0 fully saturated rings. The first-order valence-electron chi connectivity index (χ1n) is 12.3. The maximum atomic E-state index is 11.8. The number of alkyl carbamates (subject to hydrolysis) is 1. The second-order valence-corrected chi connectivity index (χ2v) is 7.88. The third-order valence-electron chi connectivity index (χ3n) is 4.90. The minimum Gasteiger partial charge on any atom is -0.446 e. The van der Waals surface area contributed by atoms with Gasteiger partial charge in [0.1, 0.15) is 6.10 Å². The summed E-state index contributed by atoms with van der Waals surface area (Å²) in [6.45, 7) is 2.20. The second-order valence-electron chi connectivity index (χ2n) is 7.88. The molecule has 0 aromatic carbocycles. The zero-order valence-electron chi connectivity index (χ0n) is 20.9. The van der Waals surface area contributed by atoms with Crippen LogP contribution in [0.5, 0.6) is 0 Å². The lowest BCUT2D eigenvalue weighted by Gasteiger charge is -2.18. The zero-order chi connectivity index (χ0) is 26.3. The van der Waals surface area contributed by atoms with Crippen LogP contribution in [0.15, 0.2) is 12.2 Å². The van der Waals surface area contributed by atoms with Crippen LogP contribution >= 0.6 is 0 Å². The number of nitrogens with two attached hydrogens (primary N) is 1. The Morgan fingerprint density at radius 2 is 1.25 bits per heavy atom. The fourth-order valence-corrected chi connectivity index (χ4v) is 3.02. The van der Waals surface area contributed by atoms with Crippen molar-refractivity contribution < 1.29 is 38.1 Å². The predicted octanol–water partition coefficient (Wildman–Crippen LogP) is -1.04. The van der Waals surface area contributed by atoms with Crippen LogP contribution in [0.4, 0.5) is 4.79 Å². The Hall–Kier alpha value is -2.74. The van der Waals surface area contributed by atoms with Crippen LogP contribution in [-0.2, 0) is 33.3 Å². The van der Waals surface area contributed by atoms with E-state index in [4.69, 9.17) is 24.7 Å². The SMILES string of the molecule is NCC(=O)NCC(=O)NCC(=O)NCCOCCOCCOCCNC(=O)OC1CCC=CCCC1. The van der Waals surface area contributed by atoms with Gasteiger partial charge in [0.05, 0.1) is 59.3 Å². The maximum Gasteiger partial charge on any atom is 0.407 e. The Balaban J connectivity index is 1.83. The predicted molar refractivity (Wildman–Crippen MR) is 131 cm³/mol. The van der Waals surface area contributed by atoms with E-state index in [-0.39, 0.29) is 38.2 Å². The Kier molecular flexibility index (Phi) is 18.7. The summed E-state index contributed by atoms with van der Waals surface area (Å²) in [6.07, 6.45) is 8.62. The van der Waals surface area contributed by atoms with Gasteiger partial charge in [0.15, 0.2) is 0 Å². The van der Waals surface area contributed by atoms with Crippen LogP contribution in [0.3, 0.4) is 0 Å². The molecule has 1 aliphatic rings. The molecule has 6 N–H and O–H groups in total. The summed E-state index contributed by atoms with van der Waals surface area (Å²) in [5.41, 5.74) is 5.10. The van der Waals surface area contributed by atoms with Crippen molar-refractivity contribution in [3.05, 3.63) is 12.2 Å². The number of rotatable bonds is 18. The van der Waals surface area contributed by atoms with Crippen molar-refractivity contribution in [1.29, 1.82) is 0 Å². The van der Waals surface area contributed by atoms with Gasteiger partial charge in [-0.05, 0) is 32.1 Å². The van der Waals surface area contributed by atoms with Crippen LogP contribution in [0.2, 0.25) is 0 Å². The lowest BCUT2D eigenvalue weighted by Crippen LogP contribution is -2.43. The van der Waals surface area contributed by atoms with Gasteiger partial charge >= 0.3 is 6.09 Å². The van der Waals surface area contributed by atoms with Crippen molar-refractivity contribution in [2.24, 2.45) is 5.73 Å². The van der Waals surface area contributed by atoms with Crippen LogP contribution in [0, 0.1) is 0 Å². The fraction of sp³-hybridized carbons (Fsp3) is 0.739. The maximum absolute atomic E-state index is 11.8. The van der Waals surface area contributed by atoms with Crippen molar-refractivity contribution in [1.82, 2.24) is 21.3 Å². The molecule has 4 amide bonds. The Labute approximate surface area is 212 Å². The molecule has 1 atom stereocenters. The molecule has 0 spiro atoms. The molecule has 0 bridgehead atoms. The van der Waals surface area contributed by atoms with Gasteiger partial charge in [-0.2, -0.15) is 0 Å². The molecular formula is C23H41N5O8. The Morgan fingerprint density at radius 3 is 1.92 bits per heavy atom. The van der Waals surface area contributed by atoms with Crippen LogP contribution < -0.4 is 27.0 Å². The molecule has 13 heteroatoms. The lowest BCUT2D eigenvalue weighted by molar-refractivity contribution is -0.127. The summed E-state index contributed by atoms with van der Waals surface area (Å²) in [5.74, 6) is -1.31. The van der Waals surface area contributed by atoms with Crippen molar-refractivity contribution in [3.8, 4) is 0 Å². The molecule has 1 unspecified atom stereocenters. The number of carbonyl (C=O) groups is 4. The molecule has 1 aliphatic carbocycles. The summed E-state index contributed by atoms with van der Waals surface area (Å²) in [6, 6.07) is 0. The lowest BCUT2D eigenvalue weighted by atomic mass is 10.0. The molecule has 1 rings (SSSR count). The highest BCUT2D eigenvalue weighted by Crippen LogP contribution is 2.15. The van der Waals surface area contributed by atoms with Gasteiger partial charge < -0.3 is 45.9 Å². The average Bonchev–Trinajstić information content (AvgIpc) is 2.85. The van der Waals surface area contributed by atoms with E-state index in [2.05, 4.69) is 33.4 Å². The van der Waals surface area contributed by atoms with E-state index >= 15 is 0 Å². The summed E-state index contributed by atoms with van der Waals surface area (Å²) < 4.78 is 21.6. The van der Waals surface area contributed by atoms with Gasteiger partial charge in [0.25, 0.3) is 0 Å². The minimum absolute atomic E-state index is 0.0288. The van der Waals surface area contributed by atoms with Crippen molar-refractivity contribution in [2.45, 2.75) is 38.2 Å². The summed E-state index contributed by atoms with van der Waals surface area (Å²) in [5, 5.41) is 9.96. The van der Waals surface area contributed by atoms with E-state index in [9.17, 15) is 19.2 Å². The van der Waals surface area contributed by atoms with Gasteiger partial charge in [0.2, 0.25) is 17.7 Å². The first kappa shape index (κ1) is 31.3. The number of nitrogens with one attached hydrogen (secondary N) is 4. The van der Waals surface area contributed by atoms with Gasteiger partial charge in [-0.1, -0.05) is 12.2 Å². The molecule has 0 saturated heterocycles. The molecule has 0 aromatic heterocycles. The third-order valence-corrected chi connectivity index (χ3v) is 4.90. The first-order valence-corrected chi connectivity index (χ1v) is 12.3. The van der Waals surface area contributed by atoms with E-state index in [1.165, 1.54) is 0 Å². The van der Waals surface area contributed by atoms with Gasteiger partial charge in [0, 0.05) is 13.1 Å². The average molecular weight is 516 g/mol. The number of hydrogen-bond donors (Lipinski definition) is 5. The van der Waals surface area contributed by atoms with Crippen LogP contribution in [-0.4, -0.2) is 102 Å². The molecule has 206 valence electrons. The van der Waals surface area contributed by atoms with Gasteiger partial charge in [-0.15, -0.1) is 0 Å². The normalized spacial score (nSPS) is 15.3. The standard InChI is InChI=1S/C23H41N5O8/c24-16-20(29)27-18-22(31)28-17-21(30)25-8-10-33-12-14-35-15-13-34-11-9-26-23(32)36-19-6-4-2-1-3-5-7-19/h1-2,19H,3-18,24H2,(H,25,30)(H,26,32)(H,27,29)(H,28,31). The summed E-state index contributed by atoms with van der Waals surface area (Å²) in [4.78, 5) is 45.8. The Bertz CT molecular complexity index is 677. The fourth-order valence-electron chi connectivity index (χ4n) is 3.02. The quantitative estimate of drug-likeness (QED) is 0.113. The molecule has 0 aromatic rings. The molecular weight excluding hydrogens is 474 g/mol. The van der Waals surface area contributed by atoms with E-state index in [1.807, 2.05) is 0 Å². The minimum atomic E-state index is -0.485. The van der Waals surface area contributed by atoms with E-state index in [0.29, 0.717) is 46.2 Å². The topological polar surface area (TPSA) is 179 Å². The highest BCUT2D eigenvalue weighted by molar-refractivity contribution is 5.88. The Morgan fingerprint density at radius 1 is 0.694 bits per heavy atom. The largest absolute Gasteiger partial charge is 0.446 e. The highest BCUT2D eigenvalue weighted by Gasteiger charge is 2.14. The molecule has 36 heavy (non-hydrogen) atoms. The number of ether oxygens (including phenoxy) is 4. The van der Waals surface area contributed by atoms with Crippen molar-refractivity contribution in [2.75, 3.05) is 72.4 Å². The molecule has 0 heterocycles. The van der Waals surface area contributed by atoms with Crippen molar-refractivity contribution in [3.63, 3.8) is 0 Å². The highest BCUT2D eigenvalue weighted by atomic mass is 16.6. The summed E-state index contributed by atoms with van der Waals surface area (Å²) >= 11 is 0. The molecule has 0 radical (unpaired) electrons. The third kappa shape index (κ3) is 18.6. The van der Waals surface area contributed by atoms with E-state index in [1.54, 1.807) is 0 Å². The monoisotopic (exact) mass is 515 g/mol. The van der Waals surface area contributed by atoms with Crippen LogP contribution in [0.25, 0.3) is 0 Å². The molecule has 13 nitrogen and oxygen atoms in total. The van der Waals surface area contributed by atoms with E-state index < -0.39 is 17.9 Å². The smallest absolute Gasteiger partial charge is 0.407 e. The van der Waals surface area contributed by atoms with Gasteiger partial charge in [-0.25, -0.2) is 4.79 Å². The first-order chi connectivity index (χ1) is 17.5. The van der Waals surface area contributed by atoms with E-state index in [0.717, 1.165) is 32.1 Å². The number of amides is 4. The number of carbonyl (C=O) groups excluding carboxylic acids is 4. The number of allylic oxidation sites excluding steroid dienone is 2. The second kappa shape index (κ2) is 21.5. The van der Waals surface area contributed by atoms with Crippen molar-refractivity contribution >= 4 is 23.8 Å². The molecule has 0 aliphatic heterocycles. The van der Waals surface area contributed by atoms with Gasteiger partial charge in [-0.3, -0.25) is 14.4 Å². The zero-order valence-corrected chi connectivity index (χ0v) is 20.9.